The Hall–Kier alpha value is -0.570. The molecule has 0 aromatic carbocycles. The summed E-state index contributed by atoms with van der Waals surface area (Å²) in [5.41, 5.74) is -0.137. The standard InChI is InChI=1S/C11H19NO2/c1-11(8-4-2-3-5-8)9(10(13)14)6-7-12-11/h8-9,12H,2-7H2,1H3,(H,13,14). The third kappa shape index (κ3) is 1.44. The highest BCUT2D eigenvalue weighted by Gasteiger charge is 2.48. The third-order valence-corrected chi connectivity index (χ3v) is 4.16. The second-order valence-corrected chi connectivity index (χ2v) is 4.87. The number of hydrogen-bond acceptors (Lipinski definition) is 2. The predicted octanol–water partition coefficient (Wildman–Crippen LogP) is 1.63. The fourth-order valence-electron chi connectivity index (χ4n) is 3.24. The molecule has 3 heteroatoms. The Morgan fingerprint density at radius 3 is 2.57 bits per heavy atom. The van der Waals surface area contributed by atoms with Gasteiger partial charge in [-0.3, -0.25) is 4.79 Å². The van der Waals surface area contributed by atoms with Gasteiger partial charge in [-0.1, -0.05) is 12.8 Å². The minimum atomic E-state index is -0.621. The summed E-state index contributed by atoms with van der Waals surface area (Å²) < 4.78 is 0. The fraction of sp³-hybridized carbons (Fsp3) is 0.909. The van der Waals surface area contributed by atoms with Crippen LogP contribution < -0.4 is 5.32 Å². The zero-order valence-electron chi connectivity index (χ0n) is 8.75. The van der Waals surface area contributed by atoms with Crippen molar-refractivity contribution < 1.29 is 9.90 Å². The minimum absolute atomic E-state index is 0.137. The van der Waals surface area contributed by atoms with Crippen molar-refractivity contribution in [2.75, 3.05) is 6.54 Å². The molecular weight excluding hydrogens is 178 g/mol. The molecule has 2 rings (SSSR count). The lowest BCUT2D eigenvalue weighted by Crippen LogP contribution is -2.50. The zero-order valence-corrected chi connectivity index (χ0v) is 8.75. The van der Waals surface area contributed by atoms with E-state index >= 15 is 0 Å². The average molecular weight is 197 g/mol. The van der Waals surface area contributed by atoms with Crippen LogP contribution in [0.2, 0.25) is 0 Å². The van der Waals surface area contributed by atoms with Gasteiger partial charge in [0.2, 0.25) is 0 Å². The summed E-state index contributed by atoms with van der Waals surface area (Å²) in [5, 5.41) is 12.6. The molecule has 1 aliphatic heterocycles. The van der Waals surface area contributed by atoms with E-state index in [0.29, 0.717) is 5.92 Å². The molecule has 1 heterocycles. The minimum Gasteiger partial charge on any atom is -0.481 e. The Balaban J connectivity index is 2.15. The summed E-state index contributed by atoms with van der Waals surface area (Å²) in [6.07, 6.45) is 5.74. The van der Waals surface area contributed by atoms with E-state index in [1.807, 2.05) is 0 Å². The first kappa shape index (κ1) is 9.97. The molecule has 0 amide bonds. The predicted molar refractivity (Wildman–Crippen MR) is 54.1 cm³/mol. The number of nitrogens with one attached hydrogen (secondary N) is 1. The van der Waals surface area contributed by atoms with E-state index in [9.17, 15) is 4.79 Å². The van der Waals surface area contributed by atoms with Crippen LogP contribution in [0.5, 0.6) is 0 Å². The number of carboxylic acid groups (broad SMARTS) is 1. The van der Waals surface area contributed by atoms with E-state index in [-0.39, 0.29) is 11.5 Å². The largest absolute Gasteiger partial charge is 0.481 e. The van der Waals surface area contributed by atoms with Crippen molar-refractivity contribution in [3.63, 3.8) is 0 Å². The molecular formula is C11H19NO2. The van der Waals surface area contributed by atoms with E-state index in [2.05, 4.69) is 12.2 Å². The summed E-state index contributed by atoms with van der Waals surface area (Å²) in [7, 11) is 0. The molecule has 1 aliphatic carbocycles. The highest BCUT2D eigenvalue weighted by molar-refractivity contribution is 5.72. The molecule has 3 nitrogen and oxygen atoms in total. The van der Waals surface area contributed by atoms with Crippen molar-refractivity contribution in [3.8, 4) is 0 Å². The second kappa shape index (κ2) is 3.54. The third-order valence-electron chi connectivity index (χ3n) is 4.16. The van der Waals surface area contributed by atoms with E-state index in [1.54, 1.807) is 0 Å². The van der Waals surface area contributed by atoms with Crippen LogP contribution in [0.1, 0.15) is 39.0 Å². The van der Waals surface area contributed by atoms with Gasteiger partial charge in [0.15, 0.2) is 0 Å². The van der Waals surface area contributed by atoms with Crippen molar-refractivity contribution >= 4 is 5.97 Å². The molecule has 2 N–H and O–H groups in total. The van der Waals surface area contributed by atoms with Gasteiger partial charge in [0.1, 0.15) is 0 Å². The Morgan fingerprint density at radius 2 is 2.00 bits per heavy atom. The van der Waals surface area contributed by atoms with Gasteiger partial charge in [-0.15, -0.1) is 0 Å². The van der Waals surface area contributed by atoms with Gasteiger partial charge in [0.25, 0.3) is 0 Å². The van der Waals surface area contributed by atoms with Crippen LogP contribution in [0.25, 0.3) is 0 Å². The van der Waals surface area contributed by atoms with Crippen LogP contribution in [0, 0.1) is 11.8 Å². The first-order valence-corrected chi connectivity index (χ1v) is 5.62. The van der Waals surface area contributed by atoms with Gasteiger partial charge in [-0.05, 0) is 38.6 Å². The number of aliphatic carboxylic acids is 1. The Labute approximate surface area is 84.9 Å². The van der Waals surface area contributed by atoms with Crippen molar-refractivity contribution in [3.05, 3.63) is 0 Å². The molecule has 0 bridgehead atoms. The molecule has 14 heavy (non-hydrogen) atoms. The number of carbonyl (C=O) groups is 1. The Kier molecular flexibility index (Phi) is 2.52. The summed E-state index contributed by atoms with van der Waals surface area (Å²) in [5.74, 6) is -0.221. The lowest BCUT2D eigenvalue weighted by molar-refractivity contribution is -0.144. The average Bonchev–Trinajstić information content (AvgIpc) is 2.71. The van der Waals surface area contributed by atoms with Crippen LogP contribution in [0.15, 0.2) is 0 Å². The molecule has 2 fully saturated rings. The van der Waals surface area contributed by atoms with Crippen LogP contribution in [-0.2, 0) is 4.79 Å². The smallest absolute Gasteiger partial charge is 0.308 e. The Morgan fingerprint density at radius 1 is 1.36 bits per heavy atom. The normalized spacial score (nSPS) is 39.1. The summed E-state index contributed by atoms with van der Waals surface area (Å²) >= 11 is 0. The van der Waals surface area contributed by atoms with Gasteiger partial charge in [0, 0.05) is 5.54 Å². The topological polar surface area (TPSA) is 49.3 Å². The molecule has 0 spiro atoms. The molecule has 2 aliphatic rings. The second-order valence-electron chi connectivity index (χ2n) is 4.87. The maximum Gasteiger partial charge on any atom is 0.308 e. The van der Waals surface area contributed by atoms with Crippen molar-refractivity contribution in [2.24, 2.45) is 11.8 Å². The van der Waals surface area contributed by atoms with E-state index < -0.39 is 5.97 Å². The van der Waals surface area contributed by atoms with E-state index in [0.717, 1.165) is 13.0 Å². The quantitative estimate of drug-likeness (QED) is 0.707. The van der Waals surface area contributed by atoms with Gasteiger partial charge < -0.3 is 10.4 Å². The highest BCUT2D eigenvalue weighted by atomic mass is 16.4. The maximum atomic E-state index is 11.1. The van der Waals surface area contributed by atoms with Crippen molar-refractivity contribution in [1.82, 2.24) is 5.32 Å². The summed E-state index contributed by atoms with van der Waals surface area (Å²) in [4.78, 5) is 11.1. The van der Waals surface area contributed by atoms with Crippen LogP contribution in [0.3, 0.4) is 0 Å². The molecule has 0 aromatic heterocycles. The molecule has 0 radical (unpaired) electrons. The molecule has 2 unspecified atom stereocenters. The molecule has 1 saturated heterocycles. The van der Waals surface area contributed by atoms with E-state index in [1.165, 1.54) is 25.7 Å². The lowest BCUT2D eigenvalue weighted by Gasteiger charge is -2.35. The van der Waals surface area contributed by atoms with E-state index in [4.69, 9.17) is 5.11 Å². The molecule has 2 atom stereocenters. The van der Waals surface area contributed by atoms with Crippen LogP contribution in [-0.4, -0.2) is 23.2 Å². The zero-order chi connectivity index (χ0) is 10.2. The highest BCUT2D eigenvalue weighted by Crippen LogP contribution is 2.41. The first-order chi connectivity index (χ1) is 6.64. The summed E-state index contributed by atoms with van der Waals surface area (Å²) in [6.45, 7) is 2.97. The van der Waals surface area contributed by atoms with Crippen molar-refractivity contribution in [2.45, 2.75) is 44.6 Å². The monoisotopic (exact) mass is 197 g/mol. The molecule has 0 aromatic rings. The lowest BCUT2D eigenvalue weighted by atomic mass is 9.76. The molecule has 1 saturated carbocycles. The van der Waals surface area contributed by atoms with Gasteiger partial charge >= 0.3 is 5.97 Å². The van der Waals surface area contributed by atoms with Crippen LogP contribution >= 0.6 is 0 Å². The molecule has 80 valence electrons. The SMILES string of the molecule is CC1(C2CCCC2)NCCC1C(=O)O. The van der Waals surface area contributed by atoms with Crippen LogP contribution in [0.4, 0.5) is 0 Å². The summed E-state index contributed by atoms with van der Waals surface area (Å²) in [6, 6.07) is 0. The van der Waals surface area contributed by atoms with Gasteiger partial charge in [0.05, 0.1) is 5.92 Å². The maximum absolute atomic E-state index is 11.1. The number of carboxylic acids is 1. The van der Waals surface area contributed by atoms with Gasteiger partial charge in [-0.25, -0.2) is 0 Å². The first-order valence-electron chi connectivity index (χ1n) is 5.62. The number of hydrogen-bond donors (Lipinski definition) is 2. The fourth-order valence-corrected chi connectivity index (χ4v) is 3.24. The van der Waals surface area contributed by atoms with Crippen molar-refractivity contribution in [1.29, 1.82) is 0 Å². The number of rotatable bonds is 2. The van der Waals surface area contributed by atoms with Gasteiger partial charge in [-0.2, -0.15) is 0 Å². The Bertz CT molecular complexity index is 235.